The summed E-state index contributed by atoms with van der Waals surface area (Å²) in [6.45, 7) is -1.35. The molecule has 0 aromatic rings. The van der Waals surface area contributed by atoms with Gasteiger partial charge in [0.2, 0.25) is 5.91 Å². The Hall–Kier alpha value is -1.63. The van der Waals surface area contributed by atoms with Gasteiger partial charge >= 0.3 is 11.9 Å². The highest BCUT2D eigenvalue weighted by atomic mass is 16.5. The molecule has 5 atom stereocenters. The summed E-state index contributed by atoms with van der Waals surface area (Å²) in [5, 5.41) is 12.0. The molecular formula is C18H30N2O5. The molecule has 7 nitrogen and oxygen atoms in total. The average molecular weight is 358 g/mol. The second-order valence-electron chi connectivity index (χ2n) is 6.80. The fourth-order valence-corrected chi connectivity index (χ4v) is 4.02. The van der Waals surface area contributed by atoms with Gasteiger partial charge in [-0.05, 0) is 38.5 Å². The number of carboxylic acids is 1. The lowest BCUT2D eigenvalue weighted by Crippen LogP contribution is -2.55. The topological polar surface area (TPSA) is 95.9 Å². The second-order valence-corrected chi connectivity index (χ2v) is 6.80. The van der Waals surface area contributed by atoms with Gasteiger partial charge in [-0.25, -0.2) is 4.79 Å². The van der Waals surface area contributed by atoms with Crippen LogP contribution < -0.4 is 5.32 Å². The first-order valence-electron chi connectivity index (χ1n) is 10.9. The monoisotopic (exact) mass is 358 g/mol. The van der Waals surface area contributed by atoms with E-state index in [0.29, 0.717) is 12.8 Å². The highest BCUT2D eigenvalue weighted by Gasteiger charge is 2.48. The van der Waals surface area contributed by atoms with Crippen molar-refractivity contribution in [3.8, 4) is 0 Å². The van der Waals surface area contributed by atoms with Gasteiger partial charge in [0.25, 0.3) is 0 Å². The summed E-state index contributed by atoms with van der Waals surface area (Å²) < 4.78 is 36.8. The van der Waals surface area contributed by atoms with Crippen molar-refractivity contribution >= 4 is 17.8 Å². The highest BCUT2D eigenvalue weighted by Crippen LogP contribution is 2.40. The predicted molar refractivity (Wildman–Crippen MR) is 91.9 cm³/mol. The standard InChI is InChI=1S/C18H30N2O5/c1-4-7-13(18(24)25-3)19-11(2)16(21)20-14-9-6-5-8-12(14)10-15(20)17(22)23/h11-15,19H,4-10H2,1-3H3,(H,22,23)/t11-,12-,13?,14-,15-/m0/s1/i2D3,11D. The Morgan fingerprint density at radius 2 is 2.12 bits per heavy atom. The number of amides is 1. The molecule has 2 fully saturated rings. The van der Waals surface area contributed by atoms with E-state index in [1.807, 2.05) is 0 Å². The number of fused-ring (bicyclic) bond motifs is 1. The van der Waals surface area contributed by atoms with Crippen LogP contribution in [0.25, 0.3) is 0 Å². The van der Waals surface area contributed by atoms with E-state index in [1.54, 1.807) is 6.92 Å². The maximum absolute atomic E-state index is 13.4. The van der Waals surface area contributed by atoms with Gasteiger partial charge in [0.05, 0.1) is 14.5 Å². The molecule has 0 aromatic heterocycles. The van der Waals surface area contributed by atoms with Crippen LogP contribution in [0.4, 0.5) is 0 Å². The molecular weight excluding hydrogens is 324 g/mol. The third-order valence-electron chi connectivity index (χ3n) is 5.20. The minimum absolute atomic E-state index is 0.0262. The number of nitrogens with zero attached hydrogens (tertiary/aromatic N) is 1. The molecule has 0 spiro atoms. The zero-order valence-corrected chi connectivity index (χ0v) is 14.8. The largest absolute Gasteiger partial charge is 0.480 e. The summed E-state index contributed by atoms with van der Waals surface area (Å²) >= 11 is 0. The van der Waals surface area contributed by atoms with Crippen LogP contribution in [0.15, 0.2) is 0 Å². The van der Waals surface area contributed by atoms with Gasteiger partial charge in [0, 0.05) is 10.2 Å². The molecule has 2 rings (SSSR count). The number of hydrogen-bond acceptors (Lipinski definition) is 5. The van der Waals surface area contributed by atoms with E-state index in [4.69, 9.17) is 5.48 Å². The number of carboxylic acid groups (broad SMARTS) is 1. The molecule has 25 heavy (non-hydrogen) atoms. The summed E-state index contributed by atoms with van der Waals surface area (Å²) in [6.07, 6.45) is 4.00. The molecule has 2 N–H and O–H groups in total. The maximum atomic E-state index is 13.4. The summed E-state index contributed by atoms with van der Waals surface area (Å²) in [5.41, 5.74) is 0. The van der Waals surface area contributed by atoms with Crippen molar-refractivity contribution < 1.29 is 29.7 Å². The number of carbonyl (C=O) groups is 3. The number of aliphatic carboxylic acids is 1. The quantitative estimate of drug-likeness (QED) is 0.671. The number of carbonyl (C=O) groups excluding carboxylic acids is 2. The smallest absolute Gasteiger partial charge is 0.326 e. The fourth-order valence-electron chi connectivity index (χ4n) is 4.02. The number of esters is 1. The van der Waals surface area contributed by atoms with Crippen molar-refractivity contribution in [3.63, 3.8) is 0 Å². The van der Waals surface area contributed by atoms with E-state index in [0.717, 1.165) is 31.3 Å². The number of methoxy groups -OCH3 is 1. The lowest BCUT2D eigenvalue weighted by molar-refractivity contribution is -0.151. The molecule has 0 aromatic carbocycles. The van der Waals surface area contributed by atoms with Gasteiger partial charge in [0.1, 0.15) is 12.1 Å². The van der Waals surface area contributed by atoms with E-state index in [9.17, 15) is 19.5 Å². The summed E-state index contributed by atoms with van der Waals surface area (Å²) in [6, 6.07) is -5.61. The third-order valence-corrected chi connectivity index (χ3v) is 5.20. The van der Waals surface area contributed by atoms with Gasteiger partial charge in [-0.15, -0.1) is 0 Å². The minimum Gasteiger partial charge on any atom is -0.480 e. The van der Waals surface area contributed by atoms with Crippen LogP contribution in [0.2, 0.25) is 0 Å². The van der Waals surface area contributed by atoms with E-state index >= 15 is 0 Å². The van der Waals surface area contributed by atoms with Crippen molar-refractivity contribution in [2.24, 2.45) is 5.92 Å². The minimum atomic E-state index is -3.13. The molecule has 1 amide bonds. The van der Waals surface area contributed by atoms with E-state index in [1.165, 1.54) is 0 Å². The SMILES string of the molecule is [2H]C([2H])([2H])[C@]([2H])(NC(CCC)C(=O)OC)C(=O)N1[C@H](C(=O)O)C[C@@H]2CCCC[C@@H]21. The molecule has 1 unspecified atom stereocenters. The lowest BCUT2D eigenvalue weighted by Gasteiger charge is -2.35. The van der Waals surface area contributed by atoms with Gasteiger partial charge in [-0.2, -0.15) is 0 Å². The van der Waals surface area contributed by atoms with E-state index < -0.39 is 48.8 Å². The Labute approximate surface area is 154 Å². The van der Waals surface area contributed by atoms with Gasteiger partial charge in [-0.3, -0.25) is 14.9 Å². The zero-order valence-electron chi connectivity index (χ0n) is 18.8. The summed E-state index contributed by atoms with van der Waals surface area (Å²) in [5.74, 6) is -3.13. The van der Waals surface area contributed by atoms with Crippen LogP contribution in [-0.2, 0) is 19.1 Å². The first kappa shape index (κ1) is 14.5. The van der Waals surface area contributed by atoms with Crippen molar-refractivity contribution in [2.45, 2.75) is 82.9 Å². The van der Waals surface area contributed by atoms with Crippen molar-refractivity contribution in [3.05, 3.63) is 0 Å². The van der Waals surface area contributed by atoms with Crippen LogP contribution in [0.1, 0.15) is 64.2 Å². The molecule has 0 radical (unpaired) electrons. The first-order valence-corrected chi connectivity index (χ1v) is 8.89. The number of rotatable bonds is 7. The van der Waals surface area contributed by atoms with Crippen molar-refractivity contribution in [1.29, 1.82) is 0 Å². The molecule has 1 saturated heterocycles. The molecule has 1 saturated carbocycles. The molecule has 7 heteroatoms. The highest BCUT2D eigenvalue weighted by molar-refractivity contribution is 5.88. The van der Waals surface area contributed by atoms with Crippen molar-refractivity contribution in [1.82, 2.24) is 10.2 Å². The van der Waals surface area contributed by atoms with E-state index in [2.05, 4.69) is 10.1 Å². The molecule has 142 valence electrons. The van der Waals surface area contributed by atoms with Gasteiger partial charge in [0.15, 0.2) is 0 Å². The average Bonchev–Trinajstić information content (AvgIpc) is 3.05. The number of hydrogen-bond donors (Lipinski definition) is 2. The van der Waals surface area contributed by atoms with Crippen LogP contribution in [0.5, 0.6) is 0 Å². The maximum Gasteiger partial charge on any atom is 0.326 e. The molecule has 1 aliphatic carbocycles. The fraction of sp³-hybridized carbons (Fsp3) is 0.833. The Morgan fingerprint density at radius 3 is 2.72 bits per heavy atom. The van der Waals surface area contributed by atoms with Crippen LogP contribution in [0.3, 0.4) is 0 Å². The third kappa shape index (κ3) is 4.32. The van der Waals surface area contributed by atoms with Crippen molar-refractivity contribution in [2.75, 3.05) is 7.11 Å². The molecule has 1 aliphatic heterocycles. The Balaban J connectivity index is 2.43. The van der Waals surface area contributed by atoms with Gasteiger partial charge < -0.3 is 14.7 Å². The second kappa shape index (κ2) is 8.65. The van der Waals surface area contributed by atoms with Crippen LogP contribution in [0, 0.1) is 5.92 Å². The zero-order chi connectivity index (χ0) is 22.0. The number of ether oxygens (including phenoxy) is 1. The van der Waals surface area contributed by atoms with Crippen LogP contribution >= 0.6 is 0 Å². The molecule has 2 aliphatic rings. The van der Waals surface area contributed by atoms with E-state index in [-0.39, 0.29) is 18.8 Å². The predicted octanol–water partition coefficient (Wildman–Crippen LogP) is 1.55. The lowest BCUT2D eigenvalue weighted by atomic mass is 9.84. The van der Waals surface area contributed by atoms with Gasteiger partial charge in [-0.1, -0.05) is 26.2 Å². The Bertz CT molecular complexity index is 644. The Morgan fingerprint density at radius 1 is 1.40 bits per heavy atom. The molecule has 0 bridgehead atoms. The van der Waals surface area contributed by atoms with Crippen LogP contribution in [-0.4, -0.2) is 59.1 Å². The summed E-state index contributed by atoms with van der Waals surface area (Å²) in [7, 11) is 1.14. The summed E-state index contributed by atoms with van der Waals surface area (Å²) in [4.78, 5) is 38.4. The Kier molecular flexibility index (Phi) is 5.03. The molecule has 1 heterocycles. The normalized spacial score (nSPS) is 32.2. The first-order chi connectivity index (χ1) is 13.5. The number of likely N-dealkylation sites (tertiary alicyclic amines) is 1. The number of nitrogens with one attached hydrogen (secondary N) is 1.